The average Bonchev–Trinajstić information content (AvgIpc) is 3.11. The molecule has 1 amide bonds. The molecule has 1 saturated heterocycles. The quantitative estimate of drug-likeness (QED) is 0.340. The van der Waals surface area contributed by atoms with Gasteiger partial charge in [-0.25, -0.2) is 4.39 Å². The van der Waals surface area contributed by atoms with Gasteiger partial charge in [-0.2, -0.15) is 16.8 Å². The van der Waals surface area contributed by atoms with Crippen LogP contribution >= 0.6 is 0 Å². The minimum Gasteiger partial charge on any atom is -0.497 e. The van der Waals surface area contributed by atoms with Gasteiger partial charge < -0.3 is 18.4 Å². The maximum Gasteiger partial charge on any atom is 0.306 e. The van der Waals surface area contributed by atoms with Gasteiger partial charge in [-0.05, 0) is 53.1 Å². The predicted octanol–water partition coefficient (Wildman–Crippen LogP) is 1.38. The Balaban J connectivity index is 1.86. The summed E-state index contributed by atoms with van der Waals surface area (Å²) < 4.78 is 76.5. The van der Waals surface area contributed by atoms with E-state index in [2.05, 4.69) is 10.6 Å². The number of amides is 1. The first kappa shape index (κ1) is 27.3. The zero-order chi connectivity index (χ0) is 27.9. The summed E-state index contributed by atoms with van der Waals surface area (Å²) in [5.74, 6) is -1.06. The monoisotopic (exact) mass is 565 g/mol. The Kier molecular flexibility index (Phi) is 7.09. The highest BCUT2D eigenvalue weighted by Crippen LogP contribution is 2.38. The molecular formula is C24H24FN3O8S2. The highest BCUT2D eigenvalue weighted by molar-refractivity contribution is 7.86. The lowest BCUT2D eigenvalue weighted by Gasteiger charge is -2.29. The molecule has 1 aliphatic heterocycles. The smallest absolute Gasteiger partial charge is 0.306 e. The molecule has 4 N–H and O–H groups in total. The Hall–Kier alpha value is -3.72. The van der Waals surface area contributed by atoms with E-state index < -0.39 is 43.8 Å². The SMILES string of the molecule is COc1cc(OS(C)(=O)=O)cc(-c2cc(C3(c4ccc(OS(C)(=O)=O)cc4)NC(N)NC3=O)ccc2F)c1. The molecule has 3 aromatic rings. The molecule has 0 bridgehead atoms. The summed E-state index contributed by atoms with van der Waals surface area (Å²) in [5.41, 5.74) is 5.29. The molecule has 0 radical (unpaired) electrons. The minimum atomic E-state index is -3.88. The number of benzene rings is 3. The highest BCUT2D eigenvalue weighted by atomic mass is 32.2. The van der Waals surface area contributed by atoms with Crippen molar-refractivity contribution in [3.63, 3.8) is 0 Å². The third-order valence-electron chi connectivity index (χ3n) is 5.61. The fraction of sp³-hybridized carbons (Fsp3) is 0.208. The van der Waals surface area contributed by atoms with Gasteiger partial charge in [0.2, 0.25) is 0 Å². The summed E-state index contributed by atoms with van der Waals surface area (Å²) in [6.07, 6.45) is 0.824. The number of halogens is 1. The fourth-order valence-corrected chi connectivity index (χ4v) is 5.07. The second-order valence-electron chi connectivity index (χ2n) is 8.54. The number of nitrogens with one attached hydrogen (secondary N) is 2. The summed E-state index contributed by atoms with van der Waals surface area (Å²) in [7, 11) is -6.30. The first-order chi connectivity index (χ1) is 17.7. The number of carbonyl (C=O) groups excluding carboxylic acids is 1. The molecule has 1 fully saturated rings. The predicted molar refractivity (Wildman–Crippen MR) is 136 cm³/mol. The number of carbonyl (C=O) groups is 1. The third kappa shape index (κ3) is 5.72. The summed E-state index contributed by atoms with van der Waals surface area (Å²) in [4.78, 5) is 13.3. The van der Waals surface area contributed by atoms with Gasteiger partial charge in [0.1, 0.15) is 29.4 Å². The summed E-state index contributed by atoms with van der Waals surface area (Å²) in [5, 5.41) is 5.57. The van der Waals surface area contributed by atoms with Crippen LogP contribution in [0.1, 0.15) is 11.1 Å². The van der Waals surface area contributed by atoms with Crippen LogP contribution in [-0.4, -0.2) is 48.7 Å². The van der Waals surface area contributed by atoms with Crippen LogP contribution < -0.4 is 29.5 Å². The summed E-state index contributed by atoms with van der Waals surface area (Å²) in [6.45, 7) is 0. The number of methoxy groups -OCH3 is 1. The molecule has 0 aliphatic carbocycles. The van der Waals surface area contributed by atoms with Gasteiger partial charge in [-0.1, -0.05) is 18.2 Å². The Bertz CT molecular complexity index is 1610. The zero-order valence-corrected chi connectivity index (χ0v) is 22.0. The second-order valence-corrected chi connectivity index (χ2v) is 11.7. The van der Waals surface area contributed by atoms with E-state index in [1.54, 1.807) is 0 Å². The molecular weight excluding hydrogens is 541 g/mol. The van der Waals surface area contributed by atoms with E-state index in [4.69, 9.17) is 18.8 Å². The minimum absolute atomic E-state index is 0.0197. The summed E-state index contributed by atoms with van der Waals surface area (Å²) >= 11 is 0. The maximum atomic E-state index is 15.1. The van der Waals surface area contributed by atoms with Crippen molar-refractivity contribution < 1.29 is 39.1 Å². The molecule has 0 saturated carbocycles. The largest absolute Gasteiger partial charge is 0.497 e. The van der Waals surface area contributed by atoms with Crippen molar-refractivity contribution in [3.05, 3.63) is 77.6 Å². The van der Waals surface area contributed by atoms with Crippen molar-refractivity contribution in [2.45, 2.75) is 11.8 Å². The van der Waals surface area contributed by atoms with Crippen molar-refractivity contribution in [1.82, 2.24) is 10.6 Å². The van der Waals surface area contributed by atoms with Crippen LogP contribution in [0.5, 0.6) is 17.2 Å². The molecule has 202 valence electrons. The molecule has 0 spiro atoms. The van der Waals surface area contributed by atoms with Crippen molar-refractivity contribution in [2.75, 3.05) is 19.6 Å². The molecule has 38 heavy (non-hydrogen) atoms. The van der Waals surface area contributed by atoms with E-state index in [1.165, 1.54) is 61.7 Å². The van der Waals surface area contributed by atoms with Gasteiger partial charge in [-0.15, -0.1) is 0 Å². The fourth-order valence-electron chi connectivity index (χ4n) is 4.16. The van der Waals surface area contributed by atoms with E-state index in [0.29, 0.717) is 11.1 Å². The van der Waals surface area contributed by atoms with E-state index in [-0.39, 0.29) is 28.4 Å². The third-order valence-corrected chi connectivity index (χ3v) is 6.60. The van der Waals surface area contributed by atoms with Gasteiger partial charge >= 0.3 is 20.2 Å². The molecule has 1 heterocycles. The zero-order valence-electron chi connectivity index (χ0n) is 20.4. The van der Waals surface area contributed by atoms with Crippen LogP contribution in [-0.2, 0) is 30.6 Å². The lowest BCUT2D eigenvalue weighted by Crippen LogP contribution is -2.47. The molecule has 4 rings (SSSR count). The van der Waals surface area contributed by atoms with Crippen molar-refractivity contribution in [3.8, 4) is 28.4 Å². The number of nitrogens with two attached hydrogens (primary N) is 1. The molecule has 0 aromatic heterocycles. The van der Waals surface area contributed by atoms with Crippen LogP contribution in [0.15, 0.2) is 60.7 Å². The number of hydrogen-bond acceptors (Lipinski definition) is 10. The molecule has 14 heteroatoms. The van der Waals surface area contributed by atoms with Gasteiger partial charge in [0, 0.05) is 11.6 Å². The average molecular weight is 566 g/mol. The van der Waals surface area contributed by atoms with E-state index >= 15 is 4.39 Å². The van der Waals surface area contributed by atoms with Crippen LogP contribution in [0.4, 0.5) is 4.39 Å². The van der Waals surface area contributed by atoms with Crippen LogP contribution in [0.2, 0.25) is 0 Å². The summed E-state index contributed by atoms with van der Waals surface area (Å²) in [6, 6.07) is 13.8. The van der Waals surface area contributed by atoms with Gasteiger partial charge in [0.25, 0.3) is 5.91 Å². The number of hydrogen-bond donors (Lipinski definition) is 3. The lowest BCUT2D eigenvalue weighted by atomic mass is 9.81. The van der Waals surface area contributed by atoms with Gasteiger partial charge in [-0.3, -0.25) is 15.8 Å². The van der Waals surface area contributed by atoms with Crippen molar-refractivity contribution >= 4 is 26.1 Å². The van der Waals surface area contributed by atoms with Gasteiger partial charge in [0.05, 0.1) is 19.6 Å². The Labute approximate surface area is 219 Å². The molecule has 2 unspecified atom stereocenters. The van der Waals surface area contributed by atoms with Crippen LogP contribution in [0.25, 0.3) is 11.1 Å². The first-order valence-electron chi connectivity index (χ1n) is 10.9. The highest BCUT2D eigenvalue weighted by Gasteiger charge is 2.48. The van der Waals surface area contributed by atoms with E-state index in [1.807, 2.05) is 0 Å². The maximum absolute atomic E-state index is 15.1. The topological polar surface area (TPSA) is 163 Å². The molecule has 1 aliphatic rings. The first-order valence-corrected chi connectivity index (χ1v) is 14.6. The second kappa shape index (κ2) is 9.87. The Morgan fingerprint density at radius 3 is 1.97 bits per heavy atom. The Morgan fingerprint density at radius 2 is 1.42 bits per heavy atom. The lowest BCUT2D eigenvalue weighted by molar-refractivity contribution is -0.123. The molecule has 2 atom stereocenters. The van der Waals surface area contributed by atoms with Crippen LogP contribution in [0.3, 0.4) is 0 Å². The van der Waals surface area contributed by atoms with E-state index in [9.17, 15) is 21.6 Å². The van der Waals surface area contributed by atoms with Gasteiger partial charge in [0.15, 0.2) is 5.54 Å². The van der Waals surface area contributed by atoms with Crippen LogP contribution in [0, 0.1) is 5.82 Å². The Morgan fingerprint density at radius 1 is 0.842 bits per heavy atom. The standard InChI is InChI=1S/C24H24FN3O8S2/c1-34-18-10-14(11-19(13-18)36-38(3,32)33)20-12-16(6-9-21(20)25)24(22(29)27-23(26)28-24)15-4-7-17(8-5-15)35-37(2,30)31/h4-13,23,28H,26H2,1-3H3,(H,27,29). The number of rotatable bonds is 8. The van der Waals surface area contributed by atoms with E-state index in [0.717, 1.165) is 18.6 Å². The number of ether oxygens (including phenoxy) is 1. The molecule has 11 nitrogen and oxygen atoms in total. The van der Waals surface area contributed by atoms with Crippen molar-refractivity contribution in [2.24, 2.45) is 5.73 Å². The molecule has 3 aromatic carbocycles. The van der Waals surface area contributed by atoms with Crippen molar-refractivity contribution in [1.29, 1.82) is 0 Å². The normalized spacial score (nSPS) is 19.6.